The Morgan fingerprint density at radius 1 is 1.29 bits per heavy atom. The first-order valence-electron chi connectivity index (χ1n) is 9.53. The van der Waals surface area contributed by atoms with Gasteiger partial charge in [0.05, 0.1) is 11.6 Å². The Morgan fingerprint density at radius 2 is 1.96 bits per heavy atom. The average Bonchev–Trinajstić information content (AvgIpc) is 3.08. The first-order valence-corrected chi connectivity index (χ1v) is 9.53. The third-order valence-electron chi connectivity index (χ3n) is 5.19. The van der Waals surface area contributed by atoms with Gasteiger partial charge in [0.2, 0.25) is 0 Å². The number of aliphatic hydroxyl groups is 1. The molecule has 6 heteroatoms. The number of nitrogens with zero attached hydrogens (tertiary/aromatic N) is 1. The highest BCUT2D eigenvalue weighted by Crippen LogP contribution is 2.44. The van der Waals surface area contributed by atoms with Gasteiger partial charge < -0.3 is 19.7 Å². The van der Waals surface area contributed by atoms with E-state index in [1.54, 1.807) is 32.8 Å². The fraction of sp³-hybridized carbons (Fsp3) is 0.455. The van der Waals surface area contributed by atoms with E-state index in [1.165, 1.54) is 0 Å². The van der Waals surface area contributed by atoms with Crippen LogP contribution in [-0.2, 0) is 14.3 Å². The zero-order chi connectivity index (χ0) is 20.6. The molecule has 0 radical (unpaired) electrons. The summed E-state index contributed by atoms with van der Waals surface area (Å²) >= 11 is 0. The molecule has 1 aliphatic rings. The van der Waals surface area contributed by atoms with E-state index < -0.39 is 23.1 Å². The van der Waals surface area contributed by atoms with E-state index in [9.17, 15) is 14.7 Å². The van der Waals surface area contributed by atoms with Gasteiger partial charge >= 0.3 is 0 Å². The van der Waals surface area contributed by atoms with Crippen molar-refractivity contribution in [2.75, 3.05) is 20.3 Å². The number of rotatable bonds is 6. The van der Waals surface area contributed by atoms with Gasteiger partial charge in [-0.3, -0.25) is 9.59 Å². The number of aryl methyl sites for hydroxylation is 1. The number of aliphatic hydroxyl groups excluding tert-OH is 1. The first-order chi connectivity index (χ1) is 13.2. The summed E-state index contributed by atoms with van der Waals surface area (Å²) in [6.45, 7) is 8.21. The number of para-hydroxylation sites is 1. The molecule has 2 aromatic rings. The van der Waals surface area contributed by atoms with Crippen LogP contribution in [0.1, 0.15) is 44.5 Å². The van der Waals surface area contributed by atoms with Crippen molar-refractivity contribution < 1.29 is 19.4 Å². The predicted molar refractivity (Wildman–Crippen MR) is 108 cm³/mol. The highest BCUT2D eigenvalue weighted by molar-refractivity contribution is 6.11. The van der Waals surface area contributed by atoms with Crippen molar-refractivity contribution in [3.63, 3.8) is 0 Å². The highest BCUT2D eigenvalue weighted by Gasteiger charge is 2.46. The van der Waals surface area contributed by atoms with Crippen LogP contribution in [0.5, 0.6) is 0 Å². The second-order valence-corrected chi connectivity index (χ2v) is 8.30. The zero-order valence-electron chi connectivity index (χ0n) is 17.1. The molecule has 0 fully saturated rings. The summed E-state index contributed by atoms with van der Waals surface area (Å²) in [6.07, 6.45) is 0.615. The Bertz CT molecular complexity index is 949. The van der Waals surface area contributed by atoms with Crippen molar-refractivity contribution in [2.24, 2.45) is 5.41 Å². The average molecular weight is 384 g/mol. The Labute approximate surface area is 165 Å². The van der Waals surface area contributed by atoms with Crippen LogP contribution in [-0.4, -0.2) is 46.9 Å². The molecule has 0 saturated heterocycles. The van der Waals surface area contributed by atoms with E-state index in [0.29, 0.717) is 19.6 Å². The minimum Gasteiger partial charge on any atom is -0.503 e. The van der Waals surface area contributed by atoms with Crippen LogP contribution >= 0.6 is 0 Å². The van der Waals surface area contributed by atoms with Gasteiger partial charge in [-0.1, -0.05) is 39.0 Å². The lowest BCUT2D eigenvalue weighted by atomic mass is 9.81. The van der Waals surface area contributed by atoms with E-state index in [4.69, 9.17) is 4.74 Å². The lowest BCUT2D eigenvalue weighted by Crippen LogP contribution is -2.34. The first kappa shape index (κ1) is 20.1. The highest BCUT2D eigenvalue weighted by atomic mass is 16.5. The van der Waals surface area contributed by atoms with Gasteiger partial charge in [0, 0.05) is 47.8 Å². The fourth-order valence-electron chi connectivity index (χ4n) is 3.85. The molecule has 0 saturated carbocycles. The van der Waals surface area contributed by atoms with E-state index in [2.05, 4.69) is 4.98 Å². The Morgan fingerprint density at radius 3 is 2.61 bits per heavy atom. The minimum atomic E-state index is -0.718. The summed E-state index contributed by atoms with van der Waals surface area (Å²) in [4.78, 5) is 31.1. The maximum atomic E-state index is 13.2. The number of fused-ring (bicyclic) bond motifs is 1. The molecule has 0 spiro atoms. The molecule has 1 aliphatic heterocycles. The lowest BCUT2D eigenvalue weighted by Gasteiger charge is -2.29. The number of hydrogen-bond acceptors (Lipinski definition) is 4. The number of H-pyrrole nitrogens is 1. The summed E-state index contributed by atoms with van der Waals surface area (Å²) in [7, 11) is 1.61. The second kappa shape index (κ2) is 7.43. The van der Waals surface area contributed by atoms with E-state index in [-0.39, 0.29) is 11.4 Å². The number of amides is 1. The zero-order valence-corrected chi connectivity index (χ0v) is 17.1. The summed E-state index contributed by atoms with van der Waals surface area (Å²) in [5.74, 6) is -1.16. The van der Waals surface area contributed by atoms with Gasteiger partial charge in [-0.15, -0.1) is 0 Å². The van der Waals surface area contributed by atoms with Crippen LogP contribution in [0, 0.1) is 12.3 Å². The smallest absolute Gasteiger partial charge is 0.290 e. The van der Waals surface area contributed by atoms with Crippen LogP contribution in [0.25, 0.3) is 10.9 Å². The van der Waals surface area contributed by atoms with E-state index >= 15 is 0 Å². The Hall–Kier alpha value is -2.60. The number of benzene rings is 1. The molecule has 0 bridgehead atoms. The number of nitrogens with one attached hydrogen (secondary N) is 1. The molecular formula is C22H28N2O4. The van der Waals surface area contributed by atoms with Gasteiger partial charge in [0.25, 0.3) is 5.91 Å². The molecule has 6 nitrogen and oxygen atoms in total. The molecule has 1 atom stereocenters. The topological polar surface area (TPSA) is 82.6 Å². The maximum Gasteiger partial charge on any atom is 0.290 e. The van der Waals surface area contributed by atoms with Gasteiger partial charge in [-0.2, -0.15) is 0 Å². The van der Waals surface area contributed by atoms with Gasteiger partial charge in [0.1, 0.15) is 0 Å². The standard InChI is InChI=1S/C22H28N2O4/c1-13-16(14-9-6-7-10-15(14)23-13)18-17(20(26)22(2,3)4)19(25)21(27)24(18)11-8-12-28-5/h6-7,9-10,18,23,25H,8,11-12H2,1-5H3. The molecule has 2 heterocycles. The number of aromatic nitrogens is 1. The van der Waals surface area contributed by atoms with Crippen LogP contribution in [0.15, 0.2) is 35.6 Å². The quantitative estimate of drug-likeness (QED) is 0.742. The molecule has 3 rings (SSSR count). The number of Topliss-reactive ketones (excluding diaryl/α,β-unsaturated/α-hetero) is 1. The summed E-state index contributed by atoms with van der Waals surface area (Å²) < 4.78 is 5.13. The largest absolute Gasteiger partial charge is 0.503 e. The van der Waals surface area contributed by atoms with Gasteiger partial charge in [0.15, 0.2) is 11.5 Å². The molecule has 1 aromatic heterocycles. The van der Waals surface area contributed by atoms with Crippen molar-refractivity contribution in [1.29, 1.82) is 0 Å². The summed E-state index contributed by atoms with van der Waals surface area (Å²) in [5.41, 5.74) is 2.14. The minimum absolute atomic E-state index is 0.183. The lowest BCUT2D eigenvalue weighted by molar-refractivity contribution is -0.129. The maximum absolute atomic E-state index is 13.2. The molecular weight excluding hydrogens is 356 g/mol. The van der Waals surface area contributed by atoms with Crippen LogP contribution in [0.2, 0.25) is 0 Å². The predicted octanol–water partition coefficient (Wildman–Crippen LogP) is 3.82. The van der Waals surface area contributed by atoms with Crippen LogP contribution in [0.3, 0.4) is 0 Å². The Kier molecular flexibility index (Phi) is 5.35. The molecule has 1 aromatic carbocycles. The molecule has 2 N–H and O–H groups in total. The van der Waals surface area contributed by atoms with Crippen molar-refractivity contribution >= 4 is 22.6 Å². The number of aromatic amines is 1. The van der Waals surface area contributed by atoms with Crippen molar-refractivity contribution in [1.82, 2.24) is 9.88 Å². The summed E-state index contributed by atoms with van der Waals surface area (Å²) in [5, 5.41) is 11.6. The molecule has 1 unspecified atom stereocenters. The SMILES string of the molecule is COCCCN1C(=O)C(O)=C(C(=O)C(C)(C)C)C1c1c(C)[nH]c2ccccc12. The normalized spacial score (nSPS) is 17.8. The monoisotopic (exact) mass is 384 g/mol. The molecule has 0 aliphatic carbocycles. The number of hydrogen-bond donors (Lipinski definition) is 2. The molecule has 1 amide bonds. The number of carbonyl (C=O) groups is 2. The molecule has 150 valence electrons. The van der Waals surface area contributed by atoms with Crippen molar-refractivity contribution in [2.45, 2.75) is 40.2 Å². The second-order valence-electron chi connectivity index (χ2n) is 8.30. The summed E-state index contributed by atoms with van der Waals surface area (Å²) in [6, 6.07) is 7.19. The van der Waals surface area contributed by atoms with Crippen molar-refractivity contribution in [3.05, 3.63) is 46.9 Å². The van der Waals surface area contributed by atoms with Crippen LogP contribution < -0.4 is 0 Å². The van der Waals surface area contributed by atoms with Gasteiger partial charge in [-0.05, 0) is 19.4 Å². The number of ketones is 1. The third kappa shape index (κ3) is 3.33. The van der Waals surface area contributed by atoms with E-state index in [1.807, 2.05) is 31.2 Å². The Balaban J connectivity index is 2.19. The number of methoxy groups -OCH3 is 1. The fourth-order valence-corrected chi connectivity index (χ4v) is 3.85. The number of carbonyl (C=O) groups excluding carboxylic acids is 2. The van der Waals surface area contributed by atoms with Gasteiger partial charge in [-0.25, -0.2) is 0 Å². The van der Waals surface area contributed by atoms with Crippen molar-refractivity contribution in [3.8, 4) is 0 Å². The molecule has 28 heavy (non-hydrogen) atoms. The van der Waals surface area contributed by atoms with E-state index in [0.717, 1.165) is 22.2 Å². The number of ether oxygens (including phenoxy) is 1. The van der Waals surface area contributed by atoms with Crippen LogP contribution in [0.4, 0.5) is 0 Å². The third-order valence-corrected chi connectivity index (χ3v) is 5.19.